The van der Waals surface area contributed by atoms with E-state index in [2.05, 4.69) is 34.6 Å². The summed E-state index contributed by atoms with van der Waals surface area (Å²) in [6.45, 7) is 21.3. The van der Waals surface area contributed by atoms with Crippen LogP contribution in [0.4, 0.5) is 0 Å². The lowest BCUT2D eigenvalue weighted by atomic mass is 9.35. The Balaban J connectivity index is 1.28. The summed E-state index contributed by atoms with van der Waals surface area (Å²) < 4.78 is 42.1. The topological polar surface area (TPSA) is 194 Å². The Kier molecular flexibility index (Phi) is 11.9. The molecule has 4 saturated carbocycles. The largest absolute Gasteiger partial charge is 0.463 e. The number of aliphatic hydroxyl groups excluding tert-OH is 1. The van der Waals surface area contributed by atoms with Gasteiger partial charge in [-0.2, -0.15) is 0 Å². The van der Waals surface area contributed by atoms with Gasteiger partial charge < -0.3 is 48.5 Å². The molecule has 0 radical (unpaired) electrons. The molecule has 330 valence electrons. The standard InChI is InChI=1S/C44H70O14/c1-23(45)52-22-28-33(53-24(2)46)34(54-25(3)47)35(55-26(4)48)37(56-28)57-31-14-16-40(9)29(38(31,5)6)13-17-41(10)30(40)21-27(49)36-42(41,11)19-20-44(36,51)43(12)18-15-32(58-43)39(7,8)50/h27-37,49-51H,13-22H2,1-12H3/t27-,28-,29+,30-,31-,32-,33-,34+,35-,36+,37+,40+,41-,42-,43+,44-/m1/s1. The normalized spacial score (nSPS) is 47.2. The van der Waals surface area contributed by atoms with Crippen molar-refractivity contribution in [1.82, 2.24) is 0 Å². The number of carbonyl (C=O) groups excluding carboxylic acids is 4. The summed E-state index contributed by atoms with van der Waals surface area (Å²) in [7, 11) is 0. The number of hydrogen-bond donors (Lipinski definition) is 3. The van der Waals surface area contributed by atoms with Crippen molar-refractivity contribution in [2.75, 3.05) is 6.61 Å². The molecule has 6 fully saturated rings. The molecule has 0 aromatic rings. The van der Waals surface area contributed by atoms with E-state index in [1.165, 1.54) is 27.7 Å². The third-order valence-electron chi connectivity index (χ3n) is 16.6. The lowest BCUT2D eigenvalue weighted by Gasteiger charge is -2.71. The number of carbonyl (C=O) groups is 4. The van der Waals surface area contributed by atoms with Crippen LogP contribution in [-0.2, 0) is 52.3 Å². The number of fused-ring (bicyclic) bond motifs is 5. The number of hydrogen-bond acceptors (Lipinski definition) is 14. The molecule has 3 N–H and O–H groups in total. The maximum atomic E-state index is 12.8. The summed E-state index contributed by atoms with van der Waals surface area (Å²) >= 11 is 0. The monoisotopic (exact) mass is 822 g/mol. The molecule has 6 rings (SSSR count). The van der Waals surface area contributed by atoms with Gasteiger partial charge in [0.15, 0.2) is 24.6 Å². The van der Waals surface area contributed by atoms with Crippen LogP contribution < -0.4 is 0 Å². The lowest BCUT2D eigenvalue weighted by Crippen LogP contribution is -2.70. The molecule has 2 heterocycles. The summed E-state index contributed by atoms with van der Waals surface area (Å²) in [5.74, 6) is -2.83. The fourth-order valence-corrected chi connectivity index (χ4v) is 13.7. The van der Waals surface area contributed by atoms with E-state index in [0.29, 0.717) is 32.1 Å². The third-order valence-corrected chi connectivity index (χ3v) is 16.6. The number of rotatable bonds is 9. The average molecular weight is 823 g/mol. The van der Waals surface area contributed by atoms with Crippen molar-refractivity contribution in [1.29, 1.82) is 0 Å². The summed E-state index contributed by atoms with van der Waals surface area (Å²) in [5, 5.41) is 36.0. The van der Waals surface area contributed by atoms with Gasteiger partial charge in [-0.05, 0) is 112 Å². The van der Waals surface area contributed by atoms with Gasteiger partial charge in [-0.3, -0.25) is 19.2 Å². The minimum atomic E-state index is -1.32. The van der Waals surface area contributed by atoms with E-state index in [1.54, 1.807) is 13.8 Å². The predicted octanol–water partition coefficient (Wildman–Crippen LogP) is 4.93. The maximum absolute atomic E-state index is 12.8. The molecule has 4 aliphatic carbocycles. The van der Waals surface area contributed by atoms with Crippen molar-refractivity contribution in [3.8, 4) is 0 Å². The molecule has 2 aliphatic heterocycles. The van der Waals surface area contributed by atoms with Crippen molar-refractivity contribution in [2.45, 2.75) is 207 Å². The predicted molar refractivity (Wildman–Crippen MR) is 207 cm³/mol. The molecule has 58 heavy (non-hydrogen) atoms. The highest BCUT2D eigenvalue weighted by molar-refractivity contribution is 5.68. The smallest absolute Gasteiger partial charge is 0.303 e. The van der Waals surface area contributed by atoms with Gasteiger partial charge in [0.2, 0.25) is 0 Å². The molecule has 0 unspecified atom stereocenters. The Labute approximate surface area is 343 Å². The Morgan fingerprint density at radius 2 is 1.33 bits per heavy atom. The molecule has 0 spiro atoms. The second kappa shape index (κ2) is 15.2. The van der Waals surface area contributed by atoms with Crippen LogP contribution in [0.2, 0.25) is 0 Å². The minimum Gasteiger partial charge on any atom is -0.463 e. The molecule has 6 aliphatic rings. The quantitative estimate of drug-likeness (QED) is 0.161. The van der Waals surface area contributed by atoms with Crippen LogP contribution >= 0.6 is 0 Å². The van der Waals surface area contributed by atoms with Gasteiger partial charge in [0.05, 0.1) is 35.1 Å². The zero-order valence-corrected chi connectivity index (χ0v) is 36.8. The van der Waals surface area contributed by atoms with Crippen LogP contribution in [-0.4, -0.2) is 112 Å². The molecule has 0 amide bonds. The van der Waals surface area contributed by atoms with Gasteiger partial charge in [0.1, 0.15) is 12.7 Å². The first-order valence-corrected chi connectivity index (χ1v) is 21.4. The first-order valence-electron chi connectivity index (χ1n) is 21.4. The summed E-state index contributed by atoms with van der Waals surface area (Å²) in [5.41, 5.74) is -4.49. The van der Waals surface area contributed by atoms with E-state index in [-0.39, 0.29) is 34.7 Å². The first-order chi connectivity index (χ1) is 26.6. The zero-order valence-electron chi connectivity index (χ0n) is 36.8. The van der Waals surface area contributed by atoms with Crippen LogP contribution in [0.15, 0.2) is 0 Å². The van der Waals surface area contributed by atoms with E-state index < -0.39 is 101 Å². The average Bonchev–Trinajstić information content (AvgIpc) is 3.65. The molecular formula is C44H70O14. The highest BCUT2D eigenvalue weighted by Gasteiger charge is 2.76. The van der Waals surface area contributed by atoms with Gasteiger partial charge in [0.25, 0.3) is 0 Å². The highest BCUT2D eigenvalue weighted by atomic mass is 16.7. The zero-order chi connectivity index (χ0) is 43.2. The molecule has 0 bridgehead atoms. The van der Waals surface area contributed by atoms with Crippen molar-refractivity contribution in [3.63, 3.8) is 0 Å². The van der Waals surface area contributed by atoms with Gasteiger partial charge in [0, 0.05) is 33.6 Å². The molecule has 16 atom stereocenters. The van der Waals surface area contributed by atoms with Crippen LogP contribution in [0.1, 0.15) is 141 Å². The van der Waals surface area contributed by atoms with Crippen molar-refractivity contribution < 1.29 is 67.7 Å². The molecule has 14 nitrogen and oxygen atoms in total. The van der Waals surface area contributed by atoms with Gasteiger partial charge in [-0.25, -0.2) is 0 Å². The minimum absolute atomic E-state index is 0.129. The number of ether oxygens (including phenoxy) is 7. The van der Waals surface area contributed by atoms with Gasteiger partial charge in [-0.15, -0.1) is 0 Å². The van der Waals surface area contributed by atoms with Crippen LogP contribution in [0, 0.1) is 39.4 Å². The fraction of sp³-hybridized carbons (Fsp3) is 0.909. The molecule has 0 aromatic heterocycles. The second-order valence-electron chi connectivity index (χ2n) is 20.8. The molecule has 14 heteroatoms. The van der Waals surface area contributed by atoms with E-state index in [4.69, 9.17) is 33.2 Å². The Hall–Kier alpha value is -2.36. The molecule has 0 aromatic carbocycles. The molecule has 2 saturated heterocycles. The SMILES string of the molecule is CC(=O)OC[C@H]1O[C@@H](O[C@@H]2CC[C@]3(C)[C@H]4C[C@@H](O)[C@@H]5[C@@](O)([C@]6(C)CC[C@H](C(C)(C)O)O6)CC[C@@]5(C)[C@]4(C)CC[C@H]3C2(C)C)[C@H](OC(C)=O)[C@@H](OC(C)=O)[C@@H]1OC(C)=O. The van der Waals surface area contributed by atoms with Gasteiger partial charge in [-0.1, -0.05) is 34.6 Å². The fourth-order valence-electron chi connectivity index (χ4n) is 13.7. The maximum Gasteiger partial charge on any atom is 0.303 e. The summed E-state index contributed by atoms with van der Waals surface area (Å²) in [6, 6.07) is 0. The van der Waals surface area contributed by atoms with Crippen LogP contribution in [0.3, 0.4) is 0 Å². The summed E-state index contributed by atoms with van der Waals surface area (Å²) in [6.07, 6.45) is -1.71. The van der Waals surface area contributed by atoms with Gasteiger partial charge >= 0.3 is 23.9 Å². The third kappa shape index (κ3) is 7.31. The second-order valence-corrected chi connectivity index (χ2v) is 20.8. The Morgan fingerprint density at radius 1 is 0.724 bits per heavy atom. The first kappa shape index (κ1) is 45.2. The number of aliphatic hydroxyl groups is 3. The van der Waals surface area contributed by atoms with E-state index in [0.717, 1.165) is 25.7 Å². The Morgan fingerprint density at radius 3 is 1.90 bits per heavy atom. The van der Waals surface area contributed by atoms with Crippen molar-refractivity contribution in [2.24, 2.45) is 39.4 Å². The van der Waals surface area contributed by atoms with Crippen molar-refractivity contribution >= 4 is 23.9 Å². The van der Waals surface area contributed by atoms with Crippen LogP contribution in [0.5, 0.6) is 0 Å². The molecular weight excluding hydrogens is 752 g/mol. The number of esters is 4. The summed E-state index contributed by atoms with van der Waals surface area (Å²) in [4.78, 5) is 49.2. The van der Waals surface area contributed by atoms with Crippen LogP contribution in [0.25, 0.3) is 0 Å². The van der Waals surface area contributed by atoms with E-state index in [9.17, 15) is 34.5 Å². The highest BCUT2D eigenvalue weighted by Crippen LogP contribution is 2.77. The Bertz CT molecular complexity index is 1610. The van der Waals surface area contributed by atoms with E-state index >= 15 is 0 Å². The lowest BCUT2D eigenvalue weighted by molar-refractivity contribution is -0.335. The van der Waals surface area contributed by atoms with Crippen molar-refractivity contribution in [3.05, 3.63) is 0 Å². The van der Waals surface area contributed by atoms with E-state index in [1.807, 2.05) is 6.92 Å².